The van der Waals surface area contributed by atoms with Crippen LogP contribution in [0.3, 0.4) is 0 Å². The Labute approximate surface area is 131 Å². The Morgan fingerprint density at radius 1 is 1.27 bits per heavy atom. The van der Waals surface area contributed by atoms with Gasteiger partial charge in [0.25, 0.3) is 5.91 Å². The van der Waals surface area contributed by atoms with Crippen molar-refractivity contribution in [2.45, 2.75) is 39.7 Å². The lowest BCUT2D eigenvalue weighted by molar-refractivity contribution is 0.0945. The monoisotopic (exact) mass is 297 g/mol. The smallest absolute Gasteiger partial charge is 0.252 e. The lowest BCUT2D eigenvalue weighted by Crippen LogP contribution is -2.30. The van der Waals surface area contributed by atoms with Crippen LogP contribution in [0.1, 0.15) is 42.6 Å². The maximum Gasteiger partial charge on any atom is 0.252 e. The Balaban J connectivity index is 2.14. The van der Waals surface area contributed by atoms with Gasteiger partial charge in [-0.1, -0.05) is 18.2 Å². The lowest BCUT2D eigenvalue weighted by atomic mass is 10.0. The molecule has 0 saturated carbocycles. The summed E-state index contributed by atoms with van der Waals surface area (Å²) in [5.74, 6) is 0.904. The van der Waals surface area contributed by atoms with Gasteiger partial charge in [-0.25, -0.2) is 4.98 Å². The highest BCUT2D eigenvalue weighted by molar-refractivity contribution is 6.07. The number of carbonyl (C=O) groups is 1. The van der Waals surface area contributed by atoms with Gasteiger partial charge in [0, 0.05) is 24.5 Å². The van der Waals surface area contributed by atoms with Crippen molar-refractivity contribution < 1.29 is 4.79 Å². The van der Waals surface area contributed by atoms with Gasteiger partial charge < -0.3 is 10.2 Å². The van der Waals surface area contributed by atoms with E-state index in [1.165, 1.54) is 12.8 Å². The Hall–Kier alpha value is -2.10. The molecule has 3 rings (SSSR count). The van der Waals surface area contributed by atoms with Crippen LogP contribution in [-0.4, -0.2) is 30.0 Å². The van der Waals surface area contributed by atoms with E-state index in [0.717, 1.165) is 40.9 Å². The number of amides is 1. The molecule has 1 amide bonds. The number of pyridine rings is 1. The minimum absolute atomic E-state index is 0.0200. The first-order valence-electron chi connectivity index (χ1n) is 8.02. The summed E-state index contributed by atoms with van der Waals surface area (Å²) in [6.45, 7) is 8.06. The molecule has 4 nitrogen and oxygen atoms in total. The van der Waals surface area contributed by atoms with Crippen molar-refractivity contribution in [1.29, 1.82) is 0 Å². The summed E-state index contributed by atoms with van der Waals surface area (Å²) in [6, 6.07) is 8.09. The fourth-order valence-corrected chi connectivity index (χ4v) is 3.01. The van der Waals surface area contributed by atoms with Crippen molar-refractivity contribution in [2.75, 3.05) is 18.0 Å². The minimum atomic E-state index is -0.0200. The Bertz CT molecular complexity index is 703. The molecule has 0 bridgehead atoms. The lowest BCUT2D eigenvalue weighted by Gasteiger charge is -2.19. The van der Waals surface area contributed by atoms with E-state index in [4.69, 9.17) is 4.98 Å². The van der Waals surface area contributed by atoms with E-state index in [2.05, 4.69) is 10.2 Å². The van der Waals surface area contributed by atoms with E-state index >= 15 is 0 Å². The second kappa shape index (κ2) is 5.95. The van der Waals surface area contributed by atoms with E-state index in [-0.39, 0.29) is 11.9 Å². The molecule has 0 aliphatic carbocycles. The summed E-state index contributed by atoms with van der Waals surface area (Å²) < 4.78 is 0. The molecule has 0 unspecified atom stereocenters. The van der Waals surface area contributed by atoms with Crippen LogP contribution in [0.15, 0.2) is 24.3 Å². The number of rotatable bonds is 3. The molecule has 0 atom stereocenters. The third kappa shape index (κ3) is 2.78. The second-order valence-electron chi connectivity index (χ2n) is 6.32. The average Bonchev–Trinajstić information content (AvgIpc) is 3.00. The van der Waals surface area contributed by atoms with Crippen molar-refractivity contribution in [1.82, 2.24) is 10.3 Å². The number of hydrogen-bond acceptors (Lipinski definition) is 3. The molecule has 22 heavy (non-hydrogen) atoms. The Morgan fingerprint density at radius 3 is 2.68 bits per heavy atom. The van der Waals surface area contributed by atoms with Crippen LogP contribution in [0, 0.1) is 6.92 Å². The first-order chi connectivity index (χ1) is 10.6. The number of carbonyl (C=O) groups excluding carboxylic acids is 1. The molecule has 116 valence electrons. The molecule has 2 heterocycles. The maximum absolute atomic E-state index is 12.6. The summed E-state index contributed by atoms with van der Waals surface area (Å²) in [4.78, 5) is 19.7. The van der Waals surface area contributed by atoms with Gasteiger partial charge in [0.15, 0.2) is 0 Å². The number of aromatic nitrogens is 1. The second-order valence-corrected chi connectivity index (χ2v) is 6.32. The van der Waals surface area contributed by atoms with Gasteiger partial charge in [-0.2, -0.15) is 0 Å². The van der Waals surface area contributed by atoms with Crippen molar-refractivity contribution in [2.24, 2.45) is 0 Å². The Kier molecular flexibility index (Phi) is 4.01. The van der Waals surface area contributed by atoms with E-state index in [1.54, 1.807) is 0 Å². The third-order valence-electron chi connectivity index (χ3n) is 4.12. The van der Waals surface area contributed by atoms with Crippen LogP contribution in [-0.2, 0) is 0 Å². The molecular weight excluding hydrogens is 274 g/mol. The standard InChI is InChI=1S/C18H23N3O/c1-12(2)19-18(22)15-11-16(21-9-4-5-10-21)20-17-13(3)7-6-8-14(15)17/h6-8,11-12H,4-5,9-10H2,1-3H3,(H,19,22). The molecule has 4 heteroatoms. The van der Waals surface area contributed by atoms with Crippen LogP contribution < -0.4 is 10.2 Å². The third-order valence-corrected chi connectivity index (χ3v) is 4.12. The van der Waals surface area contributed by atoms with Crippen LogP contribution in [0.5, 0.6) is 0 Å². The Morgan fingerprint density at radius 2 is 2.00 bits per heavy atom. The van der Waals surface area contributed by atoms with Gasteiger partial charge >= 0.3 is 0 Å². The molecule has 1 aromatic carbocycles. The van der Waals surface area contributed by atoms with Gasteiger partial charge in [0.2, 0.25) is 0 Å². The molecule has 1 fully saturated rings. The largest absolute Gasteiger partial charge is 0.357 e. The average molecular weight is 297 g/mol. The van der Waals surface area contributed by atoms with Crippen LogP contribution in [0.25, 0.3) is 10.9 Å². The number of nitrogens with one attached hydrogen (secondary N) is 1. The van der Waals surface area contributed by atoms with Gasteiger partial charge in [-0.15, -0.1) is 0 Å². The molecule has 1 aromatic heterocycles. The maximum atomic E-state index is 12.6. The van der Waals surface area contributed by atoms with Crippen LogP contribution in [0.2, 0.25) is 0 Å². The molecule has 0 radical (unpaired) electrons. The molecule has 1 saturated heterocycles. The number of aryl methyl sites for hydroxylation is 1. The first kappa shape index (κ1) is 14.8. The SMILES string of the molecule is Cc1cccc2c(C(=O)NC(C)C)cc(N3CCCC3)nc12. The normalized spacial score (nSPS) is 14.8. The predicted octanol–water partition coefficient (Wildman–Crippen LogP) is 3.28. The molecule has 1 N–H and O–H groups in total. The van der Waals surface area contributed by atoms with Gasteiger partial charge in [0.1, 0.15) is 5.82 Å². The topological polar surface area (TPSA) is 45.2 Å². The van der Waals surface area contributed by atoms with Gasteiger partial charge in [0.05, 0.1) is 11.1 Å². The molecule has 1 aliphatic heterocycles. The predicted molar refractivity (Wildman–Crippen MR) is 90.5 cm³/mol. The van der Waals surface area contributed by atoms with E-state index in [1.807, 2.05) is 45.0 Å². The number of benzene rings is 1. The summed E-state index contributed by atoms with van der Waals surface area (Å²) in [5.41, 5.74) is 2.77. The van der Waals surface area contributed by atoms with E-state index in [9.17, 15) is 4.79 Å². The fraction of sp³-hybridized carbons (Fsp3) is 0.444. The van der Waals surface area contributed by atoms with Crippen LogP contribution >= 0.6 is 0 Å². The summed E-state index contributed by atoms with van der Waals surface area (Å²) in [6.07, 6.45) is 2.39. The summed E-state index contributed by atoms with van der Waals surface area (Å²) in [7, 11) is 0. The molecular formula is C18H23N3O. The highest BCUT2D eigenvalue weighted by atomic mass is 16.1. The highest BCUT2D eigenvalue weighted by Gasteiger charge is 2.19. The summed E-state index contributed by atoms with van der Waals surface area (Å²) >= 11 is 0. The molecule has 1 aliphatic rings. The van der Waals surface area contributed by atoms with Gasteiger partial charge in [-0.05, 0) is 45.2 Å². The molecule has 2 aromatic rings. The quantitative estimate of drug-likeness (QED) is 0.945. The minimum Gasteiger partial charge on any atom is -0.357 e. The number of hydrogen-bond donors (Lipinski definition) is 1. The zero-order valence-corrected chi connectivity index (χ0v) is 13.5. The fourth-order valence-electron chi connectivity index (χ4n) is 3.01. The van der Waals surface area contributed by atoms with E-state index < -0.39 is 0 Å². The zero-order valence-electron chi connectivity index (χ0n) is 13.5. The van der Waals surface area contributed by atoms with E-state index in [0.29, 0.717) is 0 Å². The first-order valence-corrected chi connectivity index (χ1v) is 8.02. The number of nitrogens with zero attached hydrogens (tertiary/aromatic N) is 2. The number of para-hydroxylation sites is 1. The number of fused-ring (bicyclic) bond motifs is 1. The zero-order chi connectivity index (χ0) is 15.7. The highest BCUT2D eigenvalue weighted by Crippen LogP contribution is 2.27. The number of anilines is 1. The van der Waals surface area contributed by atoms with Crippen molar-refractivity contribution >= 4 is 22.6 Å². The van der Waals surface area contributed by atoms with Crippen molar-refractivity contribution in [3.8, 4) is 0 Å². The van der Waals surface area contributed by atoms with Crippen LogP contribution in [0.4, 0.5) is 5.82 Å². The molecule has 0 spiro atoms. The summed E-state index contributed by atoms with van der Waals surface area (Å²) in [5, 5.41) is 3.93. The van der Waals surface area contributed by atoms with Crippen molar-refractivity contribution in [3.63, 3.8) is 0 Å². The van der Waals surface area contributed by atoms with Crippen molar-refractivity contribution in [3.05, 3.63) is 35.4 Å². The van der Waals surface area contributed by atoms with Gasteiger partial charge in [-0.3, -0.25) is 4.79 Å².